The fourth-order valence-corrected chi connectivity index (χ4v) is 3.36. The molecule has 27 heavy (non-hydrogen) atoms. The number of rotatable bonds is 10. The van der Waals surface area contributed by atoms with Gasteiger partial charge in [-0.1, -0.05) is 40.0 Å². The van der Waals surface area contributed by atoms with Crippen LogP contribution in [0.3, 0.4) is 0 Å². The highest BCUT2D eigenvalue weighted by molar-refractivity contribution is 6.02. The van der Waals surface area contributed by atoms with Crippen LogP contribution in [0.4, 0.5) is 11.4 Å². The quantitative estimate of drug-likeness (QED) is 0.590. The van der Waals surface area contributed by atoms with Gasteiger partial charge in [-0.3, -0.25) is 9.59 Å². The number of hydrogen-bond acceptors (Lipinski definition) is 3. The molecule has 1 aliphatic rings. The van der Waals surface area contributed by atoms with Crippen molar-refractivity contribution in [1.82, 2.24) is 5.32 Å². The first-order valence-electron chi connectivity index (χ1n) is 10.5. The number of nitrogens with zero attached hydrogens (tertiary/aromatic N) is 1. The number of amides is 2. The molecular formula is C22H35N3O2. The van der Waals surface area contributed by atoms with Crippen molar-refractivity contribution in [1.29, 1.82) is 0 Å². The molecule has 2 amide bonds. The molecule has 1 aromatic rings. The summed E-state index contributed by atoms with van der Waals surface area (Å²) < 4.78 is 0. The number of carbonyl (C=O) groups excluding carboxylic acids is 2. The van der Waals surface area contributed by atoms with Crippen LogP contribution in [0.25, 0.3) is 0 Å². The van der Waals surface area contributed by atoms with Gasteiger partial charge in [0.25, 0.3) is 5.91 Å². The summed E-state index contributed by atoms with van der Waals surface area (Å²) in [6.45, 7) is 8.93. The van der Waals surface area contributed by atoms with Crippen molar-refractivity contribution in [2.45, 2.75) is 65.7 Å². The van der Waals surface area contributed by atoms with Crippen molar-refractivity contribution in [3.05, 3.63) is 23.8 Å². The molecular weight excluding hydrogens is 338 g/mol. The standard InChI is InChI=1S/C22H35N3O2/c1-4-5-6-7-10-21(26)24-18-11-12-20(25-13-8-9-14-25)19(15-18)22(27)23-16-17(2)3/h11-12,15,17H,4-10,13-14,16H2,1-3H3,(H,23,27)(H,24,26). The van der Waals surface area contributed by atoms with E-state index in [1.54, 1.807) is 0 Å². The SMILES string of the molecule is CCCCCCC(=O)Nc1ccc(N2CCCC2)c(C(=O)NCC(C)C)c1. The van der Waals surface area contributed by atoms with Crippen LogP contribution in [-0.2, 0) is 4.79 Å². The van der Waals surface area contributed by atoms with Gasteiger partial charge in [0.2, 0.25) is 5.91 Å². The first-order valence-corrected chi connectivity index (χ1v) is 10.5. The average molecular weight is 374 g/mol. The summed E-state index contributed by atoms with van der Waals surface area (Å²) in [6, 6.07) is 5.71. The lowest BCUT2D eigenvalue weighted by molar-refractivity contribution is -0.116. The summed E-state index contributed by atoms with van der Waals surface area (Å²) in [7, 11) is 0. The van der Waals surface area contributed by atoms with Crippen molar-refractivity contribution < 1.29 is 9.59 Å². The fraction of sp³-hybridized carbons (Fsp3) is 0.636. The second kappa shape index (κ2) is 11.0. The molecule has 1 heterocycles. The first-order chi connectivity index (χ1) is 13.0. The molecule has 0 spiro atoms. The van der Waals surface area contributed by atoms with Gasteiger partial charge in [-0.05, 0) is 43.4 Å². The molecule has 0 aliphatic carbocycles. The van der Waals surface area contributed by atoms with Crippen molar-refractivity contribution in [2.24, 2.45) is 5.92 Å². The molecule has 0 saturated carbocycles. The van der Waals surface area contributed by atoms with Crippen LogP contribution in [-0.4, -0.2) is 31.4 Å². The maximum Gasteiger partial charge on any atom is 0.253 e. The number of carbonyl (C=O) groups is 2. The van der Waals surface area contributed by atoms with Gasteiger partial charge >= 0.3 is 0 Å². The summed E-state index contributed by atoms with van der Waals surface area (Å²) in [4.78, 5) is 27.2. The van der Waals surface area contributed by atoms with Crippen LogP contribution in [0.2, 0.25) is 0 Å². The Morgan fingerprint density at radius 1 is 1.11 bits per heavy atom. The molecule has 0 unspecified atom stereocenters. The maximum atomic E-state index is 12.8. The third-order valence-corrected chi connectivity index (χ3v) is 4.90. The smallest absolute Gasteiger partial charge is 0.253 e. The van der Waals surface area contributed by atoms with E-state index < -0.39 is 0 Å². The minimum Gasteiger partial charge on any atom is -0.371 e. The molecule has 150 valence electrons. The molecule has 5 heteroatoms. The van der Waals surface area contributed by atoms with Crippen molar-refractivity contribution >= 4 is 23.2 Å². The minimum absolute atomic E-state index is 0.0218. The molecule has 1 aliphatic heterocycles. The van der Waals surface area contributed by atoms with E-state index in [4.69, 9.17) is 0 Å². The van der Waals surface area contributed by atoms with Gasteiger partial charge in [-0.15, -0.1) is 0 Å². The van der Waals surface area contributed by atoms with Crippen molar-refractivity contribution in [3.8, 4) is 0 Å². The molecule has 1 fully saturated rings. The summed E-state index contributed by atoms with van der Waals surface area (Å²) in [5.74, 6) is 0.355. The number of unbranched alkanes of at least 4 members (excludes halogenated alkanes) is 3. The summed E-state index contributed by atoms with van der Waals surface area (Å²) in [5.41, 5.74) is 2.32. The van der Waals surface area contributed by atoms with E-state index in [9.17, 15) is 9.59 Å². The Bertz CT molecular complexity index is 622. The normalized spacial score (nSPS) is 13.9. The molecule has 0 radical (unpaired) electrons. The first kappa shape index (κ1) is 21.3. The second-order valence-corrected chi connectivity index (χ2v) is 7.89. The molecule has 1 aromatic carbocycles. The van der Waals surface area contributed by atoms with E-state index in [1.165, 1.54) is 0 Å². The van der Waals surface area contributed by atoms with Crippen molar-refractivity contribution in [3.63, 3.8) is 0 Å². The Morgan fingerprint density at radius 2 is 1.85 bits per heavy atom. The number of anilines is 2. The van der Waals surface area contributed by atoms with Gasteiger partial charge in [-0.25, -0.2) is 0 Å². The van der Waals surface area contributed by atoms with E-state index in [1.807, 2.05) is 18.2 Å². The van der Waals surface area contributed by atoms with Crippen LogP contribution < -0.4 is 15.5 Å². The lowest BCUT2D eigenvalue weighted by Gasteiger charge is -2.22. The van der Waals surface area contributed by atoms with Crippen LogP contribution in [0.5, 0.6) is 0 Å². The lowest BCUT2D eigenvalue weighted by Crippen LogP contribution is -2.30. The van der Waals surface area contributed by atoms with Gasteiger partial charge in [0.15, 0.2) is 0 Å². The topological polar surface area (TPSA) is 61.4 Å². The fourth-order valence-electron chi connectivity index (χ4n) is 3.36. The number of benzene rings is 1. The van der Waals surface area contributed by atoms with Crippen LogP contribution in [0, 0.1) is 5.92 Å². The maximum absolute atomic E-state index is 12.8. The average Bonchev–Trinajstić information content (AvgIpc) is 3.17. The third kappa shape index (κ3) is 6.89. The zero-order valence-corrected chi connectivity index (χ0v) is 17.1. The molecule has 2 rings (SSSR count). The van der Waals surface area contributed by atoms with E-state index in [-0.39, 0.29) is 11.8 Å². The van der Waals surface area contributed by atoms with Gasteiger partial charge in [0.1, 0.15) is 0 Å². The summed E-state index contributed by atoms with van der Waals surface area (Å²) in [5, 5.41) is 5.97. The predicted molar refractivity (Wildman–Crippen MR) is 112 cm³/mol. The zero-order chi connectivity index (χ0) is 19.6. The highest BCUT2D eigenvalue weighted by atomic mass is 16.2. The Kier molecular flexibility index (Phi) is 8.62. The molecule has 0 aromatic heterocycles. The summed E-state index contributed by atoms with van der Waals surface area (Å²) >= 11 is 0. The van der Waals surface area contributed by atoms with Gasteiger partial charge < -0.3 is 15.5 Å². The van der Waals surface area contributed by atoms with Crippen LogP contribution in [0.1, 0.15) is 76.1 Å². The predicted octanol–water partition coefficient (Wildman–Crippen LogP) is 4.58. The third-order valence-electron chi connectivity index (χ3n) is 4.90. The molecule has 5 nitrogen and oxygen atoms in total. The Morgan fingerprint density at radius 3 is 2.52 bits per heavy atom. The van der Waals surface area contributed by atoms with Gasteiger partial charge in [0.05, 0.1) is 5.56 Å². The van der Waals surface area contributed by atoms with E-state index >= 15 is 0 Å². The van der Waals surface area contributed by atoms with Gasteiger partial charge in [0, 0.05) is 37.4 Å². The monoisotopic (exact) mass is 373 g/mol. The Balaban J connectivity index is 2.08. The highest BCUT2D eigenvalue weighted by Crippen LogP contribution is 2.27. The van der Waals surface area contributed by atoms with Gasteiger partial charge in [-0.2, -0.15) is 0 Å². The zero-order valence-electron chi connectivity index (χ0n) is 17.1. The Hall–Kier alpha value is -2.04. The largest absolute Gasteiger partial charge is 0.371 e. The van der Waals surface area contributed by atoms with E-state index in [2.05, 4.69) is 36.3 Å². The lowest BCUT2D eigenvalue weighted by atomic mass is 10.1. The molecule has 0 atom stereocenters. The number of nitrogens with one attached hydrogen (secondary N) is 2. The van der Waals surface area contributed by atoms with E-state index in [0.717, 1.165) is 57.3 Å². The number of hydrogen-bond donors (Lipinski definition) is 2. The summed E-state index contributed by atoms with van der Waals surface area (Å²) in [6.07, 6.45) is 7.16. The molecule has 2 N–H and O–H groups in total. The Labute approximate surface area is 163 Å². The van der Waals surface area contributed by atoms with Crippen LogP contribution in [0.15, 0.2) is 18.2 Å². The van der Waals surface area contributed by atoms with Crippen LogP contribution >= 0.6 is 0 Å². The second-order valence-electron chi connectivity index (χ2n) is 7.89. The highest BCUT2D eigenvalue weighted by Gasteiger charge is 2.20. The van der Waals surface area contributed by atoms with E-state index in [0.29, 0.717) is 30.1 Å². The minimum atomic E-state index is -0.0651. The molecule has 1 saturated heterocycles. The van der Waals surface area contributed by atoms with Crippen molar-refractivity contribution in [2.75, 3.05) is 29.9 Å². The molecule has 0 bridgehead atoms.